The van der Waals surface area contributed by atoms with Gasteiger partial charge in [-0.05, 0) is 23.6 Å². The molecule has 1 aromatic carbocycles. The lowest BCUT2D eigenvalue weighted by atomic mass is 10.3. The third-order valence-corrected chi connectivity index (χ3v) is 4.58. The van der Waals surface area contributed by atoms with Gasteiger partial charge < -0.3 is 19.5 Å². The molecule has 3 aromatic heterocycles. The van der Waals surface area contributed by atoms with Gasteiger partial charge in [-0.2, -0.15) is 0 Å². The quantitative estimate of drug-likeness (QED) is 0.564. The summed E-state index contributed by atoms with van der Waals surface area (Å²) < 4.78 is 7.50. The second-order valence-electron chi connectivity index (χ2n) is 5.32. The molecule has 0 spiro atoms. The van der Waals surface area contributed by atoms with Gasteiger partial charge in [0.25, 0.3) is 0 Å². The molecular formula is C17H16N4O2S. The van der Waals surface area contributed by atoms with E-state index in [1.165, 1.54) is 0 Å². The summed E-state index contributed by atoms with van der Waals surface area (Å²) in [5, 5.41) is 18.4. The third-order valence-electron chi connectivity index (χ3n) is 3.69. The number of aliphatic hydroxyl groups is 1. The molecule has 0 amide bonds. The van der Waals surface area contributed by atoms with Crippen LogP contribution < -0.4 is 5.32 Å². The van der Waals surface area contributed by atoms with Crippen LogP contribution in [-0.4, -0.2) is 33.0 Å². The van der Waals surface area contributed by atoms with Crippen LogP contribution in [0.2, 0.25) is 0 Å². The highest BCUT2D eigenvalue weighted by molar-refractivity contribution is 7.13. The van der Waals surface area contributed by atoms with Gasteiger partial charge >= 0.3 is 0 Å². The molecule has 0 unspecified atom stereocenters. The lowest BCUT2D eigenvalue weighted by Gasteiger charge is -2.08. The van der Waals surface area contributed by atoms with Gasteiger partial charge in [-0.3, -0.25) is 0 Å². The Kier molecular flexibility index (Phi) is 4.02. The fraction of sp³-hybridized carbons (Fsp3) is 0.176. The molecule has 0 bridgehead atoms. The van der Waals surface area contributed by atoms with E-state index >= 15 is 0 Å². The topological polar surface area (TPSA) is 76.1 Å². The fourth-order valence-corrected chi connectivity index (χ4v) is 3.29. The molecule has 7 heteroatoms. The molecular weight excluding hydrogens is 324 g/mol. The first-order chi connectivity index (χ1) is 11.8. The number of imidazole rings is 1. The number of rotatable bonds is 6. The zero-order chi connectivity index (χ0) is 16.4. The van der Waals surface area contributed by atoms with Crippen molar-refractivity contribution in [1.82, 2.24) is 14.7 Å². The van der Waals surface area contributed by atoms with Crippen LogP contribution >= 0.6 is 11.3 Å². The molecule has 0 fully saturated rings. The molecule has 0 aliphatic carbocycles. The van der Waals surface area contributed by atoms with E-state index in [2.05, 4.69) is 15.5 Å². The average molecular weight is 340 g/mol. The summed E-state index contributed by atoms with van der Waals surface area (Å²) >= 11 is 1.62. The van der Waals surface area contributed by atoms with E-state index in [4.69, 9.17) is 9.63 Å². The maximum atomic E-state index is 9.07. The highest BCUT2D eigenvalue weighted by atomic mass is 32.1. The van der Waals surface area contributed by atoms with Crippen LogP contribution in [0.3, 0.4) is 0 Å². The molecule has 0 radical (unpaired) electrons. The Morgan fingerprint density at radius 3 is 2.96 bits per heavy atom. The van der Waals surface area contributed by atoms with Crippen LogP contribution in [0.5, 0.6) is 0 Å². The summed E-state index contributed by atoms with van der Waals surface area (Å²) in [6.45, 7) is 1.04. The average Bonchev–Trinajstić information content (AvgIpc) is 3.33. The van der Waals surface area contributed by atoms with Gasteiger partial charge in [-0.25, -0.2) is 4.98 Å². The highest BCUT2D eigenvalue weighted by Crippen LogP contribution is 2.26. The molecule has 4 rings (SSSR count). The standard InChI is InChI=1S/C17H16N4O2S/c22-8-7-18-17-19-13-4-1-2-5-14(13)21(17)11-12-10-15(23-20-12)16-6-3-9-24-16/h1-6,9-10,22H,7-8,11H2,(H,18,19). The second-order valence-corrected chi connectivity index (χ2v) is 6.27. The summed E-state index contributed by atoms with van der Waals surface area (Å²) in [5.41, 5.74) is 2.74. The number of thiophene rings is 1. The van der Waals surface area contributed by atoms with E-state index in [0.29, 0.717) is 19.0 Å². The predicted molar refractivity (Wildman–Crippen MR) is 94.2 cm³/mol. The van der Waals surface area contributed by atoms with Crippen molar-refractivity contribution in [2.24, 2.45) is 0 Å². The van der Waals surface area contributed by atoms with E-state index in [1.807, 2.05) is 52.4 Å². The fourth-order valence-electron chi connectivity index (χ4n) is 2.62. The second kappa shape index (κ2) is 6.46. The van der Waals surface area contributed by atoms with Crippen LogP contribution in [0, 0.1) is 0 Å². The smallest absolute Gasteiger partial charge is 0.204 e. The molecule has 4 aromatic rings. The first kappa shape index (κ1) is 14.9. The minimum atomic E-state index is 0.0513. The number of para-hydroxylation sites is 2. The molecule has 0 saturated heterocycles. The van der Waals surface area contributed by atoms with Crippen LogP contribution in [0.15, 0.2) is 52.4 Å². The van der Waals surface area contributed by atoms with Gasteiger partial charge in [0, 0.05) is 12.6 Å². The monoisotopic (exact) mass is 340 g/mol. The van der Waals surface area contributed by atoms with Gasteiger partial charge in [-0.1, -0.05) is 23.4 Å². The van der Waals surface area contributed by atoms with E-state index in [0.717, 1.165) is 27.4 Å². The van der Waals surface area contributed by atoms with Crippen molar-refractivity contribution in [3.63, 3.8) is 0 Å². The van der Waals surface area contributed by atoms with Crippen molar-refractivity contribution < 1.29 is 9.63 Å². The van der Waals surface area contributed by atoms with Crippen LogP contribution in [-0.2, 0) is 6.54 Å². The summed E-state index contributed by atoms with van der Waals surface area (Å²) in [6, 6.07) is 13.9. The van der Waals surface area contributed by atoms with Crippen molar-refractivity contribution >= 4 is 28.3 Å². The summed E-state index contributed by atoms with van der Waals surface area (Å²) in [7, 11) is 0. The zero-order valence-electron chi connectivity index (χ0n) is 12.8. The van der Waals surface area contributed by atoms with Crippen LogP contribution in [0.4, 0.5) is 5.95 Å². The minimum Gasteiger partial charge on any atom is -0.395 e. The number of benzene rings is 1. The predicted octanol–water partition coefficient (Wildman–Crippen LogP) is 3.21. The van der Waals surface area contributed by atoms with Crippen molar-refractivity contribution in [3.8, 4) is 10.6 Å². The number of nitrogens with one attached hydrogen (secondary N) is 1. The number of fused-ring (bicyclic) bond motifs is 1. The number of aromatic nitrogens is 3. The zero-order valence-corrected chi connectivity index (χ0v) is 13.7. The number of hydrogen-bond donors (Lipinski definition) is 2. The van der Waals surface area contributed by atoms with Crippen molar-refractivity contribution in [2.75, 3.05) is 18.5 Å². The van der Waals surface area contributed by atoms with Gasteiger partial charge in [-0.15, -0.1) is 11.3 Å². The van der Waals surface area contributed by atoms with Gasteiger partial charge in [0.15, 0.2) is 5.76 Å². The van der Waals surface area contributed by atoms with Gasteiger partial charge in [0.1, 0.15) is 5.69 Å². The molecule has 2 N–H and O–H groups in total. The van der Waals surface area contributed by atoms with E-state index < -0.39 is 0 Å². The largest absolute Gasteiger partial charge is 0.395 e. The normalized spacial score (nSPS) is 11.2. The summed E-state index contributed by atoms with van der Waals surface area (Å²) in [5.74, 6) is 1.49. The molecule has 0 aliphatic rings. The Hall–Kier alpha value is -2.64. The van der Waals surface area contributed by atoms with E-state index in [9.17, 15) is 0 Å². The SMILES string of the molecule is OCCNc1nc2ccccc2n1Cc1cc(-c2cccs2)on1. The number of aliphatic hydroxyl groups excluding tert-OH is 1. The lowest BCUT2D eigenvalue weighted by molar-refractivity contribution is 0.310. The highest BCUT2D eigenvalue weighted by Gasteiger charge is 2.13. The maximum absolute atomic E-state index is 9.07. The molecule has 24 heavy (non-hydrogen) atoms. The molecule has 0 aliphatic heterocycles. The maximum Gasteiger partial charge on any atom is 0.204 e. The summed E-state index contributed by atoms with van der Waals surface area (Å²) in [4.78, 5) is 5.65. The Balaban J connectivity index is 1.68. The molecule has 6 nitrogen and oxygen atoms in total. The van der Waals surface area contributed by atoms with Crippen molar-refractivity contribution in [2.45, 2.75) is 6.54 Å². The molecule has 0 atom stereocenters. The van der Waals surface area contributed by atoms with E-state index in [1.54, 1.807) is 11.3 Å². The van der Waals surface area contributed by atoms with Crippen molar-refractivity contribution in [1.29, 1.82) is 0 Å². The Morgan fingerprint density at radius 1 is 1.21 bits per heavy atom. The Bertz CT molecular complexity index is 943. The van der Waals surface area contributed by atoms with Crippen LogP contribution in [0.1, 0.15) is 5.69 Å². The first-order valence-electron chi connectivity index (χ1n) is 7.64. The third kappa shape index (κ3) is 2.79. The first-order valence-corrected chi connectivity index (χ1v) is 8.52. The molecule has 122 valence electrons. The summed E-state index contributed by atoms with van der Waals surface area (Å²) in [6.07, 6.45) is 0. The lowest BCUT2D eigenvalue weighted by Crippen LogP contribution is -2.12. The van der Waals surface area contributed by atoms with Gasteiger partial charge in [0.2, 0.25) is 5.95 Å². The van der Waals surface area contributed by atoms with Crippen LogP contribution in [0.25, 0.3) is 21.7 Å². The minimum absolute atomic E-state index is 0.0513. The molecule has 0 saturated carbocycles. The van der Waals surface area contributed by atoms with Gasteiger partial charge in [0.05, 0.1) is 29.1 Å². The molecule has 3 heterocycles. The Labute approximate surface area is 142 Å². The number of hydrogen-bond acceptors (Lipinski definition) is 6. The Morgan fingerprint density at radius 2 is 2.12 bits per heavy atom. The number of nitrogens with zero attached hydrogens (tertiary/aromatic N) is 3. The van der Waals surface area contributed by atoms with Crippen molar-refractivity contribution in [3.05, 3.63) is 53.5 Å². The van der Waals surface area contributed by atoms with E-state index in [-0.39, 0.29) is 6.61 Å². The number of anilines is 1.